The van der Waals surface area contributed by atoms with Crippen LogP contribution in [0.2, 0.25) is 5.02 Å². The van der Waals surface area contributed by atoms with Gasteiger partial charge < -0.3 is 19.8 Å². The molecule has 1 saturated heterocycles. The average Bonchev–Trinajstić information content (AvgIpc) is 3.02. The number of phenols is 1. The molecule has 11 nitrogen and oxygen atoms in total. The second kappa shape index (κ2) is 12.0. The van der Waals surface area contributed by atoms with E-state index in [1.165, 1.54) is 35.2 Å². The fourth-order valence-corrected chi connectivity index (χ4v) is 6.90. The summed E-state index contributed by atoms with van der Waals surface area (Å²) in [6, 6.07) is 3.83. The molecule has 2 aliphatic rings. The van der Waals surface area contributed by atoms with Gasteiger partial charge in [-0.3, -0.25) is 4.79 Å². The number of nitrogens with zero attached hydrogens (tertiary/aromatic N) is 8. The fourth-order valence-electron chi connectivity index (χ4n) is 6.52. The summed E-state index contributed by atoms with van der Waals surface area (Å²) >= 11 is 7.15. The minimum atomic E-state index is -0.713. The first-order valence-corrected chi connectivity index (χ1v) is 15.7. The molecule has 1 fully saturated rings. The van der Waals surface area contributed by atoms with Crippen LogP contribution in [0.4, 0.5) is 15.9 Å². The topological polar surface area (TPSA) is 121 Å². The number of phenolic OH excluding ortho intramolecular Hbond substituents is 1. The predicted octanol–water partition coefficient (Wildman–Crippen LogP) is 5.03. The van der Waals surface area contributed by atoms with Crippen LogP contribution in [0.1, 0.15) is 57.3 Å². The number of amides is 1. The predicted molar refractivity (Wildman–Crippen MR) is 177 cm³/mol. The normalized spacial score (nSPS) is 16.5. The van der Waals surface area contributed by atoms with Crippen molar-refractivity contribution < 1.29 is 14.3 Å². The van der Waals surface area contributed by atoms with Crippen LogP contribution >= 0.6 is 11.6 Å². The Hall–Kier alpha value is -4.58. The number of anilines is 2. The summed E-state index contributed by atoms with van der Waals surface area (Å²) < 4.78 is 16.9. The lowest BCUT2D eigenvalue weighted by Crippen LogP contribution is -2.56. The highest BCUT2D eigenvalue weighted by Crippen LogP contribution is 2.47. The summed E-state index contributed by atoms with van der Waals surface area (Å²) in [5, 5.41) is 11.5. The Morgan fingerprint density at radius 3 is 2.41 bits per heavy atom. The lowest BCUT2D eigenvalue weighted by Gasteiger charge is -2.44. The maximum absolute atomic E-state index is 15.5. The van der Waals surface area contributed by atoms with Crippen LogP contribution in [-0.2, 0) is 4.79 Å². The maximum Gasteiger partial charge on any atom is 0.355 e. The van der Waals surface area contributed by atoms with E-state index in [1.807, 2.05) is 44.5 Å². The van der Waals surface area contributed by atoms with E-state index in [2.05, 4.69) is 16.5 Å². The number of rotatable bonds is 5. The molecule has 1 aromatic carbocycles. The largest absolute Gasteiger partial charge is 0.507 e. The first kappa shape index (κ1) is 31.4. The third-order valence-corrected chi connectivity index (χ3v) is 9.13. The summed E-state index contributed by atoms with van der Waals surface area (Å²) in [7, 11) is 1.86. The van der Waals surface area contributed by atoms with Gasteiger partial charge in [0.15, 0.2) is 5.65 Å². The number of hydrogen-bond acceptors (Lipinski definition) is 9. The molecule has 4 aromatic rings. The van der Waals surface area contributed by atoms with E-state index in [-0.39, 0.29) is 51.5 Å². The first-order valence-electron chi connectivity index (χ1n) is 15.3. The quantitative estimate of drug-likeness (QED) is 0.298. The van der Waals surface area contributed by atoms with Crippen molar-refractivity contribution in [2.24, 2.45) is 0 Å². The van der Waals surface area contributed by atoms with Crippen molar-refractivity contribution in [1.82, 2.24) is 29.4 Å². The number of aromatic hydroxyl groups is 1. The van der Waals surface area contributed by atoms with Crippen LogP contribution in [0.25, 0.3) is 28.0 Å². The maximum atomic E-state index is 15.5. The molecule has 0 bridgehead atoms. The molecular weight excluding hydrogens is 611 g/mol. The molecule has 2 aliphatic heterocycles. The van der Waals surface area contributed by atoms with E-state index >= 15 is 4.39 Å². The number of aromatic nitrogens is 5. The van der Waals surface area contributed by atoms with Crippen molar-refractivity contribution in [1.29, 1.82) is 0 Å². The molecule has 0 radical (unpaired) electrons. The Balaban J connectivity index is 1.77. The number of halogens is 2. The molecule has 1 amide bonds. The van der Waals surface area contributed by atoms with Gasteiger partial charge in [-0.15, -0.1) is 0 Å². The number of fused-ring (bicyclic) bond motifs is 2. The Labute approximate surface area is 271 Å². The minimum absolute atomic E-state index is 0.00974. The molecular formula is C33H36ClFN8O3. The number of hydrogen-bond donors (Lipinski definition) is 1. The zero-order valence-electron chi connectivity index (χ0n) is 26.5. The molecule has 0 saturated carbocycles. The molecule has 1 atom stereocenters. The van der Waals surface area contributed by atoms with Crippen LogP contribution in [-0.4, -0.2) is 79.7 Å². The van der Waals surface area contributed by atoms with Gasteiger partial charge in [0.25, 0.3) is 0 Å². The zero-order valence-corrected chi connectivity index (χ0v) is 27.2. The van der Waals surface area contributed by atoms with E-state index in [4.69, 9.17) is 21.6 Å². The highest BCUT2D eigenvalue weighted by Gasteiger charge is 2.37. The minimum Gasteiger partial charge on any atom is -0.507 e. The van der Waals surface area contributed by atoms with Crippen molar-refractivity contribution in [2.75, 3.05) is 43.0 Å². The SMILES string of the molecule is C=CC(=O)N1CCN2c3nc(=O)n(-c4c(C(C)C)ncnc4C(C)C)c4nc(-c5c(O)cccc5F)c(Cl)c(c34)N(C)CCC2C1. The van der Waals surface area contributed by atoms with Gasteiger partial charge in [-0.05, 0) is 36.5 Å². The lowest BCUT2D eigenvalue weighted by molar-refractivity contribution is -0.126. The van der Waals surface area contributed by atoms with Crippen LogP contribution < -0.4 is 15.5 Å². The van der Waals surface area contributed by atoms with Crippen molar-refractivity contribution >= 4 is 40.0 Å². The standard InChI is InChI=1S/C33H36ClFN8O3/c1-7-22(45)41-13-14-42-19(15-41)11-12-40(6)29-24-31(42)39-33(46)43(30-26(17(2)3)36-16-37-27(30)18(4)5)32(24)38-28(25(29)34)23-20(35)9-8-10-21(23)44/h7-10,16-19,44H,1,11-15H2,2-6H3. The average molecular weight is 647 g/mol. The van der Waals surface area contributed by atoms with Gasteiger partial charge in [-0.2, -0.15) is 4.98 Å². The van der Waals surface area contributed by atoms with Crippen LogP contribution in [0, 0.1) is 5.82 Å². The molecule has 1 unspecified atom stereocenters. The van der Waals surface area contributed by atoms with Crippen molar-refractivity contribution in [2.45, 2.75) is 52.0 Å². The number of carbonyl (C=O) groups is 1. The van der Waals surface area contributed by atoms with Gasteiger partial charge >= 0.3 is 5.69 Å². The summed E-state index contributed by atoms with van der Waals surface area (Å²) in [5.74, 6) is -1.03. The van der Waals surface area contributed by atoms with Gasteiger partial charge in [0.1, 0.15) is 29.4 Å². The third-order valence-electron chi connectivity index (χ3n) is 8.77. The summed E-state index contributed by atoms with van der Waals surface area (Å²) in [4.78, 5) is 51.5. The van der Waals surface area contributed by atoms with Crippen LogP contribution in [0.3, 0.4) is 0 Å². The molecule has 6 rings (SSSR count). The second-order valence-electron chi connectivity index (χ2n) is 12.4. The molecule has 46 heavy (non-hydrogen) atoms. The zero-order chi connectivity index (χ0) is 33.0. The smallest absolute Gasteiger partial charge is 0.355 e. The van der Waals surface area contributed by atoms with E-state index in [0.29, 0.717) is 66.6 Å². The molecule has 0 aliphatic carbocycles. The molecule has 0 spiro atoms. The van der Waals surface area contributed by atoms with Crippen molar-refractivity contribution in [3.8, 4) is 22.7 Å². The molecule has 5 heterocycles. The fraction of sp³-hybridized carbons (Fsp3) is 0.394. The number of carbonyl (C=O) groups excluding carboxylic acids is 1. The van der Waals surface area contributed by atoms with E-state index in [1.54, 1.807) is 4.90 Å². The third kappa shape index (κ3) is 5.04. The Bertz CT molecular complexity index is 1900. The molecule has 1 N–H and O–H groups in total. The van der Waals surface area contributed by atoms with E-state index in [9.17, 15) is 14.7 Å². The molecule has 240 valence electrons. The van der Waals surface area contributed by atoms with Crippen molar-refractivity contribution in [3.05, 3.63) is 69.9 Å². The molecule has 13 heteroatoms. The Kier molecular flexibility index (Phi) is 8.18. The Morgan fingerprint density at radius 1 is 1.09 bits per heavy atom. The van der Waals surface area contributed by atoms with Gasteiger partial charge in [0.2, 0.25) is 5.91 Å². The van der Waals surface area contributed by atoms with Crippen molar-refractivity contribution in [3.63, 3.8) is 0 Å². The monoisotopic (exact) mass is 646 g/mol. The van der Waals surface area contributed by atoms with Gasteiger partial charge in [-0.25, -0.2) is 28.7 Å². The lowest BCUT2D eigenvalue weighted by atomic mass is 10.0. The number of piperazine rings is 1. The summed E-state index contributed by atoms with van der Waals surface area (Å²) in [5.41, 5.74) is 1.59. The van der Waals surface area contributed by atoms with Gasteiger partial charge in [0, 0.05) is 39.3 Å². The second-order valence-corrected chi connectivity index (χ2v) is 12.7. The highest BCUT2D eigenvalue weighted by atomic mass is 35.5. The number of benzene rings is 1. The van der Waals surface area contributed by atoms with Gasteiger partial charge in [-0.1, -0.05) is 51.9 Å². The van der Waals surface area contributed by atoms with E-state index < -0.39 is 11.5 Å². The highest BCUT2D eigenvalue weighted by molar-refractivity contribution is 6.37. The van der Waals surface area contributed by atoms with E-state index in [0.717, 1.165) is 0 Å². The number of pyridine rings is 1. The molecule has 3 aromatic heterocycles. The van der Waals surface area contributed by atoms with Crippen LogP contribution in [0.5, 0.6) is 5.75 Å². The van der Waals surface area contributed by atoms with Crippen LogP contribution in [0.15, 0.2) is 42.0 Å². The Morgan fingerprint density at radius 2 is 1.78 bits per heavy atom. The van der Waals surface area contributed by atoms with Gasteiger partial charge in [0.05, 0.1) is 38.7 Å². The summed E-state index contributed by atoms with van der Waals surface area (Å²) in [6.45, 7) is 13.3. The first-order chi connectivity index (χ1) is 21.9. The summed E-state index contributed by atoms with van der Waals surface area (Å²) in [6.07, 6.45) is 3.41.